The minimum atomic E-state index is -1.10. The van der Waals surface area contributed by atoms with Gasteiger partial charge in [-0.15, -0.1) is 0 Å². The van der Waals surface area contributed by atoms with Crippen molar-refractivity contribution in [1.82, 2.24) is 0 Å². The fourth-order valence-corrected chi connectivity index (χ4v) is 1.36. The number of fused-ring (bicyclic) bond motifs is 1. The number of hydrogen-bond acceptors (Lipinski definition) is 4. The lowest BCUT2D eigenvalue weighted by molar-refractivity contribution is -0.139. The van der Waals surface area contributed by atoms with Gasteiger partial charge in [0.25, 0.3) is 0 Å². The number of carboxylic acid groups (broad SMARTS) is 1. The lowest BCUT2D eigenvalue weighted by atomic mass is 10.2. The molecule has 1 heterocycles. The van der Waals surface area contributed by atoms with Crippen molar-refractivity contribution < 1.29 is 19.1 Å². The Labute approximate surface area is 89.9 Å². The molecule has 0 bridgehead atoms. The highest BCUT2D eigenvalue weighted by molar-refractivity contribution is 5.83. The van der Waals surface area contributed by atoms with Gasteiger partial charge in [-0.3, -0.25) is 4.79 Å². The largest absolute Gasteiger partial charge is 0.481 e. The Balaban J connectivity index is 2.52. The third-order valence-corrected chi connectivity index (χ3v) is 2.00. The summed E-state index contributed by atoms with van der Waals surface area (Å²) in [5, 5.41) is 8.75. The fraction of sp³-hybridized carbons (Fsp3) is 0.0909. The first-order valence-electron chi connectivity index (χ1n) is 4.53. The molecule has 0 fully saturated rings. The molecule has 0 spiro atoms. The average Bonchev–Trinajstić information content (AvgIpc) is 2.26. The first-order valence-corrected chi connectivity index (χ1v) is 4.53. The van der Waals surface area contributed by atoms with Crippen molar-refractivity contribution in [3.8, 4) is 5.75 Å². The molecule has 0 radical (unpaired) electrons. The molecule has 0 aliphatic heterocycles. The third-order valence-electron chi connectivity index (χ3n) is 2.00. The minimum Gasteiger partial charge on any atom is -0.481 e. The SMILES string of the molecule is O=C(O)COc1cccc2occc(=O)c12. The van der Waals surface area contributed by atoms with Crippen LogP contribution in [0.1, 0.15) is 0 Å². The van der Waals surface area contributed by atoms with Gasteiger partial charge in [0.05, 0.1) is 6.26 Å². The van der Waals surface area contributed by atoms with Crippen molar-refractivity contribution in [3.63, 3.8) is 0 Å². The summed E-state index contributed by atoms with van der Waals surface area (Å²) in [6, 6.07) is 6.03. The molecule has 0 aliphatic rings. The number of carbonyl (C=O) groups is 1. The van der Waals surface area contributed by atoms with E-state index in [1.54, 1.807) is 12.1 Å². The lowest BCUT2D eigenvalue weighted by Crippen LogP contribution is -2.11. The van der Waals surface area contributed by atoms with E-state index < -0.39 is 12.6 Å². The second-order valence-corrected chi connectivity index (χ2v) is 3.10. The second kappa shape index (κ2) is 4.06. The Kier molecular flexibility index (Phi) is 2.59. The van der Waals surface area contributed by atoms with Gasteiger partial charge in [0.2, 0.25) is 0 Å². The van der Waals surface area contributed by atoms with Gasteiger partial charge in [-0.2, -0.15) is 0 Å². The molecule has 1 N–H and O–H groups in total. The summed E-state index contributed by atoms with van der Waals surface area (Å²) in [7, 11) is 0. The molecule has 0 unspecified atom stereocenters. The molecular weight excluding hydrogens is 212 g/mol. The van der Waals surface area contributed by atoms with Crippen molar-refractivity contribution in [1.29, 1.82) is 0 Å². The van der Waals surface area contributed by atoms with Crippen LogP contribution >= 0.6 is 0 Å². The van der Waals surface area contributed by atoms with Gasteiger partial charge in [0, 0.05) is 6.07 Å². The highest BCUT2D eigenvalue weighted by Gasteiger charge is 2.08. The predicted octanol–water partition coefficient (Wildman–Crippen LogP) is 1.26. The highest BCUT2D eigenvalue weighted by Crippen LogP contribution is 2.21. The third kappa shape index (κ3) is 1.88. The van der Waals surface area contributed by atoms with Crippen LogP contribution in [0, 0.1) is 0 Å². The van der Waals surface area contributed by atoms with E-state index in [0.717, 1.165) is 0 Å². The molecule has 0 saturated carbocycles. The monoisotopic (exact) mass is 220 g/mol. The quantitative estimate of drug-likeness (QED) is 0.842. The van der Waals surface area contributed by atoms with E-state index in [1.165, 1.54) is 18.4 Å². The van der Waals surface area contributed by atoms with Gasteiger partial charge < -0.3 is 14.3 Å². The summed E-state index contributed by atoms with van der Waals surface area (Å²) in [6.07, 6.45) is 1.28. The normalized spacial score (nSPS) is 10.2. The number of rotatable bonds is 3. The van der Waals surface area contributed by atoms with Crippen molar-refractivity contribution in [3.05, 3.63) is 40.8 Å². The fourth-order valence-electron chi connectivity index (χ4n) is 1.36. The predicted molar refractivity (Wildman–Crippen MR) is 55.6 cm³/mol. The average molecular weight is 220 g/mol. The van der Waals surface area contributed by atoms with Crippen LogP contribution in [0.5, 0.6) is 5.75 Å². The van der Waals surface area contributed by atoms with E-state index in [-0.39, 0.29) is 16.6 Å². The number of hydrogen-bond donors (Lipinski definition) is 1. The molecule has 0 aliphatic carbocycles. The van der Waals surface area contributed by atoms with Gasteiger partial charge in [0.1, 0.15) is 16.7 Å². The Hall–Kier alpha value is -2.30. The summed E-state index contributed by atoms with van der Waals surface area (Å²) in [4.78, 5) is 21.9. The van der Waals surface area contributed by atoms with Crippen LogP contribution in [-0.2, 0) is 4.79 Å². The molecule has 0 saturated heterocycles. The summed E-state index contributed by atoms with van der Waals surface area (Å²) >= 11 is 0. The summed E-state index contributed by atoms with van der Waals surface area (Å²) in [5.74, 6) is -0.883. The van der Waals surface area contributed by atoms with E-state index in [0.29, 0.717) is 5.58 Å². The van der Waals surface area contributed by atoms with E-state index in [9.17, 15) is 9.59 Å². The van der Waals surface area contributed by atoms with Crippen LogP contribution in [0.15, 0.2) is 39.7 Å². The van der Waals surface area contributed by atoms with E-state index >= 15 is 0 Å². The van der Waals surface area contributed by atoms with Crippen LogP contribution in [0.2, 0.25) is 0 Å². The zero-order chi connectivity index (χ0) is 11.5. The minimum absolute atomic E-state index is 0.217. The number of aliphatic carboxylic acids is 1. The molecule has 2 rings (SSSR count). The lowest BCUT2D eigenvalue weighted by Gasteiger charge is -2.05. The molecule has 2 aromatic rings. The maximum Gasteiger partial charge on any atom is 0.341 e. The first-order chi connectivity index (χ1) is 7.68. The van der Waals surface area contributed by atoms with Crippen LogP contribution in [0.25, 0.3) is 11.0 Å². The van der Waals surface area contributed by atoms with E-state index in [4.69, 9.17) is 14.3 Å². The summed E-state index contributed by atoms with van der Waals surface area (Å²) in [6.45, 7) is -0.493. The molecule has 1 aromatic heterocycles. The molecule has 5 nitrogen and oxygen atoms in total. The van der Waals surface area contributed by atoms with E-state index in [2.05, 4.69) is 0 Å². The van der Waals surface area contributed by atoms with Gasteiger partial charge in [0.15, 0.2) is 12.0 Å². The number of ether oxygens (including phenoxy) is 1. The number of carboxylic acids is 1. The Bertz CT molecular complexity index is 579. The second-order valence-electron chi connectivity index (χ2n) is 3.10. The zero-order valence-electron chi connectivity index (χ0n) is 8.17. The molecule has 16 heavy (non-hydrogen) atoms. The van der Waals surface area contributed by atoms with Crippen LogP contribution in [-0.4, -0.2) is 17.7 Å². The summed E-state index contributed by atoms with van der Waals surface area (Å²) < 4.78 is 10.1. The maximum absolute atomic E-state index is 11.6. The van der Waals surface area contributed by atoms with Crippen molar-refractivity contribution >= 4 is 16.9 Å². The molecule has 0 atom stereocenters. The van der Waals surface area contributed by atoms with Crippen LogP contribution < -0.4 is 10.2 Å². The van der Waals surface area contributed by atoms with Crippen LogP contribution in [0.3, 0.4) is 0 Å². The molecular formula is C11H8O5. The summed E-state index contributed by atoms with van der Waals surface area (Å²) in [5.41, 5.74) is 0.109. The zero-order valence-corrected chi connectivity index (χ0v) is 8.17. The van der Waals surface area contributed by atoms with Crippen molar-refractivity contribution in [2.24, 2.45) is 0 Å². The van der Waals surface area contributed by atoms with Crippen LogP contribution in [0.4, 0.5) is 0 Å². The topological polar surface area (TPSA) is 76.7 Å². The Morgan fingerprint density at radius 2 is 2.19 bits per heavy atom. The molecule has 0 amide bonds. The Morgan fingerprint density at radius 1 is 1.38 bits per heavy atom. The maximum atomic E-state index is 11.6. The van der Waals surface area contributed by atoms with Gasteiger partial charge in [-0.25, -0.2) is 4.79 Å². The molecule has 1 aromatic carbocycles. The van der Waals surface area contributed by atoms with Gasteiger partial charge in [-0.05, 0) is 12.1 Å². The van der Waals surface area contributed by atoms with Gasteiger partial charge in [-0.1, -0.05) is 6.07 Å². The molecule has 5 heteroatoms. The highest BCUT2D eigenvalue weighted by atomic mass is 16.5. The standard InChI is InChI=1S/C11H8O5/c12-7-4-5-15-8-2-1-3-9(11(7)8)16-6-10(13)14/h1-5H,6H2,(H,13,14). The molecule has 82 valence electrons. The Morgan fingerprint density at radius 3 is 2.94 bits per heavy atom. The van der Waals surface area contributed by atoms with Crippen molar-refractivity contribution in [2.75, 3.05) is 6.61 Å². The van der Waals surface area contributed by atoms with Crippen molar-refractivity contribution in [2.45, 2.75) is 0 Å². The van der Waals surface area contributed by atoms with E-state index in [1.807, 2.05) is 0 Å². The smallest absolute Gasteiger partial charge is 0.341 e. The first kappa shape index (κ1) is 10.2. The van der Waals surface area contributed by atoms with Gasteiger partial charge >= 0.3 is 5.97 Å². The number of benzene rings is 1.